The first-order valence-corrected chi connectivity index (χ1v) is 9.20. The lowest BCUT2D eigenvalue weighted by Gasteiger charge is -2.26. The van der Waals surface area contributed by atoms with E-state index in [0.29, 0.717) is 19.0 Å². The van der Waals surface area contributed by atoms with Crippen LogP contribution in [0.25, 0.3) is 0 Å². The summed E-state index contributed by atoms with van der Waals surface area (Å²) in [7, 11) is 1.62. The number of methoxy groups -OCH3 is 1. The van der Waals surface area contributed by atoms with Crippen LogP contribution in [-0.2, 0) is 4.79 Å². The highest BCUT2D eigenvalue weighted by atomic mass is 16.6. The summed E-state index contributed by atoms with van der Waals surface area (Å²) in [5.41, 5.74) is 1.08. The van der Waals surface area contributed by atoms with Gasteiger partial charge in [-0.1, -0.05) is 6.07 Å². The lowest BCUT2D eigenvalue weighted by Crippen LogP contribution is -2.34. The lowest BCUT2D eigenvalue weighted by atomic mass is 10.0. The van der Waals surface area contributed by atoms with Crippen LogP contribution in [0.1, 0.15) is 24.4 Å². The molecule has 0 radical (unpaired) electrons. The van der Waals surface area contributed by atoms with E-state index in [1.54, 1.807) is 19.2 Å². The Morgan fingerprint density at radius 3 is 2.59 bits per heavy atom. The zero-order chi connectivity index (χ0) is 18.6. The standard InChI is InChI=1S/C21H23NO5/c1-24-16-5-7-17(8-6-16)27-14-21(23)22-10-2-3-18(22)15-4-9-19-20(13-15)26-12-11-25-19/h4-9,13,18H,2-3,10-12,14H2,1H3/t18-/m0/s1. The van der Waals surface area contributed by atoms with Crippen LogP contribution in [0.3, 0.4) is 0 Å². The number of hydrogen-bond acceptors (Lipinski definition) is 5. The number of likely N-dealkylation sites (tertiary alicyclic amines) is 1. The quantitative estimate of drug-likeness (QED) is 0.810. The van der Waals surface area contributed by atoms with Gasteiger partial charge in [0.2, 0.25) is 0 Å². The van der Waals surface area contributed by atoms with Crippen molar-refractivity contribution in [1.29, 1.82) is 0 Å². The molecule has 1 amide bonds. The molecule has 27 heavy (non-hydrogen) atoms. The molecule has 0 aliphatic carbocycles. The number of ether oxygens (including phenoxy) is 4. The Labute approximate surface area is 158 Å². The second-order valence-electron chi connectivity index (χ2n) is 6.61. The molecule has 2 aromatic carbocycles. The van der Waals surface area contributed by atoms with Crippen LogP contribution in [0.15, 0.2) is 42.5 Å². The molecule has 142 valence electrons. The van der Waals surface area contributed by atoms with E-state index >= 15 is 0 Å². The summed E-state index contributed by atoms with van der Waals surface area (Å²) in [6.45, 7) is 1.89. The number of hydrogen-bond donors (Lipinski definition) is 0. The van der Waals surface area contributed by atoms with E-state index in [-0.39, 0.29) is 18.6 Å². The Bertz CT molecular complexity index is 805. The summed E-state index contributed by atoms with van der Waals surface area (Å²) in [5.74, 6) is 2.92. The van der Waals surface area contributed by atoms with Crippen molar-refractivity contribution in [2.24, 2.45) is 0 Å². The van der Waals surface area contributed by atoms with E-state index in [1.165, 1.54) is 0 Å². The van der Waals surface area contributed by atoms with E-state index in [9.17, 15) is 4.79 Å². The molecule has 1 atom stereocenters. The number of carbonyl (C=O) groups is 1. The molecule has 6 heteroatoms. The SMILES string of the molecule is COc1ccc(OCC(=O)N2CCC[C@H]2c2ccc3c(c2)OCCO3)cc1. The normalized spacial score (nSPS) is 18.3. The number of nitrogens with zero attached hydrogens (tertiary/aromatic N) is 1. The molecule has 0 aromatic heterocycles. The van der Waals surface area contributed by atoms with Crippen LogP contribution in [0.5, 0.6) is 23.0 Å². The van der Waals surface area contributed by atoms with E-state index < -0.39 is 0 Å². The van der Waals surface area contributed by atoms with Gasteiger partial charge < -0.3 is 23.8 Å². The predicted molar refractivity (Wildman–Crippen MR) is 99.6 cm³/mol. The highest BCUT2D eigenvalue weighted by Gasteiger charge is 2.31. The minimum atomic E-state index is -0.0109. The maximum atomic E-state index is 12.7. The van der Waals surface area contributed by atoms with Gasteiger partial charge in [-0.15, -0.1) is 0 Å². The molecule has 0 spiro atoms. The van der Waals surface area contributed by atoms with Gasteiger partial charge in [0.15, 0.2) is 18.1 Å². The number of fused-ring (bicyclic) bond motifs is 1. The second-order valence-corrected chi connectivity index (χ2v) is 6.61. The Balaban J connectivity index is 1.42. The first-order chi connectivity index (χ1) is 13.2. The van der Waals surface area contributed by atoms with Crippen molar-refractivity contribution in [3.63, 3.8) is 0 Å². The van der Waals surface area contributed by atoms with Crippen molar-refractivity contribution in [3.05, 3.63) is 48.0 Å². The Morgan fingerprint density at radius 2 is 1.81 bits per heavy atom. The lowest BCUT2D eigenvalue weighted by molar-refractivity contribution is -0.134. The number of benzene rings is 2. The maximum Gasteiger partial charge on any atom is 0.261 e. The average molecular weight is 369 g/mol. The topological polar surface area (TPSA) is 57.2 Å². The Kier molecular flexibility index (Phi) is 5.05. The van der Waals surface area contributed by atoms with Gasteiger partial charge in [0.25, 0.3) is 5.91 Å². The molecule has 0 saturated carbocycles. The van der Waals surface area contributed by atoms with E-state index in [4.69, 9.17) is 18.9 Å². The van der Waals surface area contributed by atoms with Crippen molar-refractivity contribution < 1.29 is 23.7 Å². The van der Waals surface area contributed by atoms with Crippen LogP contribution in [0.2, 0.25) is 0 Å². The average Bonchev–Trinajstić information content (AvgIpc) is 3.22. The molecule has 2 aromatic rings. The summed E-state index contributed by atoms with van der Waals surface area (Å²) in [6.07, 6.45) is 1.92. The van der Waals surface area contributed by atoms with Gasteiger partial charge in [0, 0.05) is 6.54 Å². The fraction of sp³-hybridized carbons (Fsp3) is 0.381. The molecule has 2 aliphatic heterocycles. The number of carbonyl (C=O) groups excluding carboxylic acids is 1. The van der Waals surface area contributed by atoms with Gasteiger partial charge in [-0.05, 0) is 54.8 Å². The molecule has 0 unspecified atom stereocenters. The zero-order valence-corrected chi connectivity index (χ0v) is 15.3. The zero-order valence-electron chi connectivity index (χ0n) is 15.3. The summed E-state index contributed by atoms with van der Waals surface area (Å²) < 4.78 is 22.1. The predicted octanol–water partition coefficient (Wildman–Crippen LogP) is 3.21. The summed E-state index contributed by atoms with van der Waals surface area (Å²) in [6, 6.07) is 13.2. The molecule has 1 saturated heterocycles. The van der Waals surface area contributed by atoms with Crippen molar-refractivity contribution >= 4 is 5.91 Å². The third kappa shape index (κ3) is 3.79. The third-order valence-corrected chi connectivity index (χ3v) is 4.95. The highest BCUT2D eigenvalue weighted by molar-refractivity contribution is 5.78. The molecule has 2 heterocycles. The highest BCUT2D eigenvalue weighted by Crippen LogP contribution is 2.38. The molecule has 6 nitrogen and oxygen atoms in total. The van der Waals surface area contributed by atoms with Gasteiger partial charge in [-0.25, -0.2) is 0 Å². The minimum Gasteiger partial charge on any atom is -0.497 e. The van der Waals surface area contributed by atoms with Gasteiger partial charge in [-0.2, -0.15) is 0 Å². The third-order valence-electron chi connectivity index (χ3n) is 4.95. The van der Waals surface area contributed by atoms with Crippen molar-refractivity contribution in [3.8, 4) is 23.0 Å². The summed E-state index contributed by atoms with van der Waals surface area (Å²) in [5, 5.41) is 0. The van der Waals surface area contributed by atoms with Crippen LogP contribution in [-0.4, -0.2) is 44.3 Å². The molecule has 0 bridgehead atoms. The second kappa shape index (κ2) is 7.78. The molecule has 2 aliphatic rings. The van der Waals surface area contributed by atoms with E-state index in [1.807, 2.05) is 35.2 Å². The molecule has 4 rings (SSSR count). The number of amides is 1. The van der Waals surface area contributed by atoms with Gasteiger partial charge in [-0.3, -0.25) is 4.79 Å². The van der Waals surface area contributed by atoms with E-state index in [2.05, 4.69) is 0 Å². The first-order valence-electron chi connectivity index (χ1n) is 9.20. The Hall–Kier alpha value is -2.89. The fourth-order valence-electron chi connectivity index (χ4n) is 3.58. The van der Waals surface area contributed by atoms with Gasteiger partial charge in [0.1, 0.15) is 24.7 Å². The van der Waals surface area contributed by atoms with Gasteiger partial charge >= 0.3 is 0 Å². The van der Waals surface area contributed by atoms with Crippen molar-refractivity contribution in [2.45, 2.75) is 18.9 Å². The first kappa shape index (κ1) is 17.5. The monoisotopic (exact) mass is 369 g/mol. The van der Waals surface area contributed by atoms with Crippen LogP contribution in [0, 0.1) is 0 Å². The minimum absolute atomic E-state index is 0.0109. The summed E-state index contributed by atoms with van der Waals surface area (Å²) >= 11 is 0. The van der Waals surface area contributed by atoms with Gasteiger partial charge in [0.05, 0.1) is 13.2 Å². The Morgan fingerprint density at radius 1 is 1.07 bits per heavy atom. The molecule has 0 N–H and O–H groups in total. The van der Waals surface area contributed by atoms with Crippen molar-refractivity contribution in [1.82, 2.24) is 4.90 Å². The smallest absolute Gasteiger partial charge is 0.261 e. The maximum absolute atomic E-state index is 12.7. The molecule has 1 fully saturated rings. The van der Waals surface area contributed by atoms with Crippen molar-refractivity contribution in [2.75, 3.05) is 33.5 Å². The largest absolute Gasteiger partial charge is 0.497 e. The van der Waals surface area contributed by atoms with Crippen LogP contribution >= 0.6 is 0 Å². The fourth-order valence-corrected chi connectivity index (χ4v) is 3.58. The summed E-state index contributed by atoms with van der Waals surface area (Å²) in [4.78, 5) is 14.6. The van der Waals surface area contributed by atoms with E-state index in [0.717, 1.165) is 42.2 Å². The van der Waals surface area contributed by atoms with Crippen LogP contribution in [0.4, 0.5) is 0 Å². The number of rotatable bonds is 5. The molecular weight excluding hydrogens is 346 g/mol. The molecular formula is C21H23NO5. The van der Waals surface area contributed by atoms with Crippen LogP contribution < -0.4 is 18.9 Å².